The predicted octanol–water partition coefficient (Wildman–Crippen LogP) is 4.51. The van der Waals surface area contributed by atoms with Gasteiger partial charge in [-0.2, -0.15) is 0 Å². The van der Waals surface area contributed by atoms with Crippen LogP contribution in [0, 0.1) is 3.57 Å². The lowest BCUT2D eigenvalue weighted by molar-refractivity contribution is 0.318. The molecule has 0 spiro atoms. The van der Waals surface area contributed by atoms with Gasteiger partial charge in [-0.3, -0.25) is 0 Å². The van der Waals surface area contributed by atoms with E-state index in [2.05, 4.69) is 53.8 Å². The van der Waals surface area contributed by atoms with E-state index in [1.54, 1.807) is 5.56 Å². The molecular formula is C13H17I. The maximum atomic E-state index is 2.47. The largest absolute Gasteiger partial charge is 0.0619 e. The first-order valence-corrected chi connectivity index (χ1v) is 6.55. The summed E-state index contributed by atoms with van der Waals surface area (Å²) in [5.41, 5.74) is 2.02. The second kappa shape index (κ2) is 4.21. The van der Waals surface area contributed by atoms with Crippen molar-refractivity contribution in [1.29, 1.82) is 0 Å². The van der Waals surface area contributed by atoms with Crippen molar-refractivity contribution in [3.63, 3.8) is 0 Å². The van der Waals surface area contributed by atoms with E-state index in [0.717, 1.165) is 0 Å². The van der Waals surface area contributed by atoms with Gasteiger partial charge in [-0.25, -0.2) is 0 Å². The molecule has 0 amide bonds. The Morgan fingerprint density at radius 3 is 2.36 bits per heavy atom. The Bertz CT molecular complexity index is 311. The van der Waals surface area contributed by atoms with Crippen LogP contribution in [0.5, 0.6) is 0 Å². The second-order valence-electron chi connectivity index (χ2n) is 4.60. The zero-order chi connectivity index (χ0) is 10.0. The molecule has 0 aromatic heterocycles. The summed E-state index contributed by atoms with van der Waals surface area (Å²) in [5.74, 6) is 0. The molecule has 76 valence electrons. The second-order valence-corrected chi connectivity index (χ2v) is 5.76. The van der Waals surface area contributed by atoms with E-state index in [9.17, 15) is 0 Å². The predicted molar refractivity (Wildman–Crippen MR) is 69.6 cm³/mol. The van der Waals surface area contributed by atoms with Crippen LogP contribution in [0.4, 0.5) is 0 Å². The summed E-state index contributed by atoms with van der Waals surface area (Å²) in [6, 6.07) is 8.86. The third kappa shape index (κ3) is 1.97. The third-order valence-electron chi connectivity index (χ3n) is 3.48. The number of hydrogen-bond donors (Lipinski definition) is 0. The van der Waals surface area contributed by atoms with Crippen molar-refractivity contribution in [3.05, 3.63) is 33.4 Å². The fourth-order valence-electron chi connectivity index (χ4n) is 2.55. The van der Waals surface area contributed by atoms with E-state index < -0.39 is 0 Å². The zero-order valence-electron chi connectivity index (χ0n) is 8.72. The van der Waals surface area contributed by atoms with E-state index in [-0.39, 0.29) is 0 Å². The summed E-state index contributed by atoms with van der Waals surface area (Å²) in [5, 5.41) is 0. The quantitative estimate of drug-likeness (QED) is 0.669. The van der Waals surface area contributed by atoms with Gasteiger partial charge in [0.1, 0.15) is 0 Å². The molecule has 1 heteroatoms. The minimum Gasteiger partial charge on any atom is -0.0619 e. The van der Waals surface area contributed by atoms with Crippen molar-refractivity contribution < 1.29 is 0 Å². The zero-order valence-corrected chi connectivity index (χ0v) is 10.9. The van der Waals surface area contributed by atoms with E-state index in [4.69, 9.17) is 0 Å². The first-order chi connectivity index (χ1) is 6.72. The van der Waals surface area contributed by atoms with Crippen LogP contribution in [0.15, 0.2) is 24.3 Å². The van der Waals surface area contributed by atoms with Crippen molar-refractivity contribution >= 4 is 22.6 Å². The smallest absolute Gasteiger partial charge is 0.0167 e. The van der Waals surface area contributed by atoms with Gasteiger partial charge < -0.3 is 0 Å². The summed E-state index contributed by atoms with van der Waals surface area (Å²) in [4.78, 5) is 0. The van der Waals surface area contributed by atoms with Crippen LogP contribution in [0.25, 0.3) is 0 Å². The Hall–Kier alpha value is -0.0500. The minimum atomic E-state index is 0.454. The van der Waals surface area contributed by atoms with Crippen LogP contribution in [0.2, 0.25) is 0 Å². The third-order valence-corrected chi connectivity index (χ3v) is 4.42. The van der Waals surface area contributed by atoms with Gasteiger partial charge in [0, 0.05) is 3.57 Å². The standard InChI is InChI=1S/C13H17I/c1-13(9-5-2-6-10-13)11-7-3-4-8-12(11)14/h3-4,7-8H,2,5-6,9-10H2,1H3. The summed E-state index contributed by atoms with van der Waals surface area (Å²) in [6.45, 7) is 2.43. The molecule has 14 heavy (non-hydrogen) atoms. The first kappa shape index (κ1) is 10.5. The van der Waals surface area contributed by atoms with Gasteiger partial charge in [-0.1, -0.05) is 44.4 Å². The lowest BCUT2D eigenvalue weighted by atomic mass is 9.71. The van der Waals surface area contributed by atoms with Crippen molar-refractivity contribution in [2.24, 2.45) is 0 Å². The normalized spacial score (nSPS) is 20.7. The topological polar surface area (TPSA) is 0 Å². The van der Waals surface area contributed by atoms with E-state index in [1.807, 2.05) is 0 Å². The van der Waals surface area contributed by atoms with E-state index >= 15 is 0 Å². The van der Waals surface area contributed by atoms with Crippen LogP contribution in [0.3, 0.4) is 0 Å². The average Bonchev–Trinajstić information content (AvgIpc) is 2.19. The molecule has 1 aliphatic rings. The molecule has 0 bridgehead atoms. The Labute approximate surface area is 100 Å². The van der Waals surface area contributed by atoms with Crippen molar-refractivity contribution in [2.45, 2.75) is 44.4 Å². The molecule has 1 aromatic carbocycles. The maximum Gasteiger partial charge on any atom is 0.0167 e. The van der Waals surface area contributed by atoms with Gasteiger partial charge in [0.2, 0.25) is 0 Å². The fraction of sp³-hybridized carbons (Fsp3) is 0.538. The Morgan fingerprint density at radius 2 is 1.71 bits per heavy atom. The van der Waals surface area contributed by atoms with Gasteiger partial charge >= 0.3 is 0 Å². The summed E-state index contributed by atoms with van der Waals surface area (Å²) < 4.78 is 1.44. The molecule has 1 aliphatic carbocycles. The van der Waals surface area contributed by atoms with Gasteiger partial charge in [0.25, 0.3) is 0 Å². The Morgan fingerprint density at radius 1 is 1.07 bits per heavy atom. The molecule has 1 aromatic rings. The fourth-order valence-corrected chi connectivity index (χ4v) is 3.59. The minimum absolute atomic E-state index is 0.454. The Balaban J connectivity index is 2.32. The monoisotopic (exact) mass is 300 g/mol. The molecule has 0 saturated heterocycles. The lowest BCUT2D eigenvalue weighted by Gasteiger charge is -2.34. The highest BCUT2D eigenvalue weighted by Gasteiger charge is 2.29. The molecule has 0 radical (unpaired) electrons. The summed E-state index contributed by atoms with van der Waals surface area (Å²) >= 11 is 2.47. The number of halogens is 1. The molecule has 0 unspecified atom stereocenters. The highest BCUT2D eigenvalue weighted by atomic mass is 127. The van der Waals surface area contributed by atoms with Crippen LogP contribution in [-0.4, -0.2) is 0 Å². The van der Waals surface area contributed by atoms with Crippen LogP contribution in [0.1, 0.15) is 44.6 Å². The SMILES string of the molecule is CC1(c2ccccc2I)CCCCC1. The number of hydrogen-bond acceptors (Lipinski definition) is 0. The molecular weight excluding hydrogens is 283 g/mol. The summed E-state index contributed by atoms with van der Waals surface area (Å²) in [6.07, 6.45) is 6.97. The van der Waals surface area contributed by atoms with Gasteiger partial charge in [0.15, 0.2) is 0 Å². The molecule has 0 N–H and O–H groups in total. The van der Waals surface area contributed by atoms with Crippen molar-refractivity contribution in [3.8, 4) is 0 Å². The van der Waals surface area contributed by atoms with Gasteiger partial charge in [0.05, 0.1) is 0 Å². The molecule has 0 nitrogen and oxygen atoms in total. The van der Waals surface area contributed by atoms with Crippen LogP contribution in [-0.2, 0) is 5.41 Å². The summed E-state index contributed by atoms with van der Waals surface area (Å²) in [7, 11) is 0. The maximum absolute atomic E-state index is 2.47. The number of rotatable bonds is 1. The molecule has 1 saturated carbocycles. The first-order valence-electron chi connectivity index (χ1n) is 5.47. The van der Waals surface area contributed by atoms with Crippen molar-refractivity contribution in [1.82, 2.24) is 0 Å². The average molecular weight is 300 g/mol. The van der Waals surface area contributed by atoms with Crippen LogP contribution >= 0.6 is 22.6 Å². The Kier molecular flexibility index (Phi) is 3.15. The van der Waals surface area contributed by atoms with E-state index in [0.29, 0.717) is 5.41 Å². The highest BCUT2D eigenvalue weighted by Crippen LogP contribution is 2.40. The van der Waals surface area contributed by atoms with Gasteiger partial charge in [-0.15, -0.1) is 0 Å². The van der Waals surface area contributed by atoms with Crippen molar-refractivity contribution in [2.75, 3.05) is 0 Å². The van der Waals surface area contributed by atoms with Gasteiger partial charge in [-0.05, 0) is 52.5 Å². The molecule has 1 fully saturated rings. The lowest BCUT2D eigenvalue weighted by Crippen LogP contribution is -2.25. The highest BCUT2D eigenvalue weighted by molar-refractivity contribution is 14.1. The molecule has 0 heterocycles. The number of benzene rings is 1. The van der Waals surface area contributed by atoms with E-state index in [1.165, 1.54) is 35.7 Å². The van der Waals surface area contributed by atoms with Crippen LogP contribution < -0.4 is 0 Å². The molecule has 0 aliphatic heterocycles. The molecule has 2 rings (SSSR count). The molecule has 0 atom stereocenters.